The van der Waals surface area contributed by atoms with E-state index >= 15 is 0 Å². The summed E-state index contributed by atoms with van der Waals surface area (Å²) in [5.74, 6) is 0.264. The topological polar surface area (TPSA) is 55.4 Å². The van der Waals surface area contributed by atoms with Crippen LogP contribution < -0.4 is 5.32 Å². The van der Waals surface area contributed by atoms with E-state index in [1.165, 1.54) is 0 Å². The fourth-order valence-electron chi connectivity index (χ4n) is 1.13. The maximum Gasteiger partial charge on any atom is 0.328 e. The van der Waals surface area contributed by atoms with Crippen molar-refractivity contribution in [3.63, 3.8) is 0 Å². The summed E-state index contributed by atoms with van der Waals surface area (Å²) in [5, 5.41) is 2.62. The molecule has 1 fully saturated rings. The molecule has 1 N–H and O–H groups in total. The molecule has 0 bridgehead atoms. The molecule has 1 amide bonds. The number of carbonyl (C=O) groups is 2. The van der Waals surface area contributed by atoms with Crippen LogP contribution in [0.5, 0.6) is 0 Å². The Bertz CT molecular complexity index is 208. The third kappa shape index (κ3) is 3.26. The average Bonchev–Trinajstić information content (AvgIpc) is 2.48. The van der Waals surface area contributed by atoms with Gasteiger partial charge in [0, 0.05) is 12.8 Å². The number of hydrogen-bond acceptors (Lipinski definition) is 4. The number of nitrogens with one attached hydrogen (secondary N) is 1. The highest BCUT2D eigenvalue weighted by Gasteiger charge is 2.27. The standard InChI is InChI=1S/C8H13NO3S/c10-7(2-1-5-13)9-6-3-4-12-8(6)11/h6,13H,1-5H2,(H,9,10)/t6-/m0/s1. The molecule has 74 valence electrons. The Labute approximate surface area is 82.4 Å². The monoisotopic (exact) mass is 203 g/mol. The third-order valence-corrected chi connectivity index (χ3v) is 2.15. The lowest BCUT2D eigenvalue weighted by Crippen LogP contribution is -2.37. The van der Waals surface area contributed by atoms with Crippen molar-refractivity contribution in [3.05, 3.63) is 0 Å². The lowest BCUT2D eigenvalue weighted by Gasteiger charge is -2.07. The molecule has 1 rings (SSSR count). The molecule has 1 atom stereocenters. The van der Waals surface area contributed by atoms with E-state index in [1.54, 1.807) is 0 Å². The molecule has 0 unspecified atom stereocenters. The van der Waals surface area contributed by atoms with Gasteiger partial charge in [-0.2, -0.15) is 12.6 Å². The Morgan fingerprint density at radius 2 is 2.46 bits per heavy atom. The van der Waals surface area contributed by atoms with Gasteiger partial charge in [-0.3, -0.25) is 4.79 Å². The molecular formula is C8H13NO3S. The fraction of sp³-hybridized carbons (Fsp3) is 0.750. The minimum Gasteiger partial charge on any atom is -0.464 e. The van der Waals surface area contributed by atoms with Crippen molar-refractivity contribution in [1.29, 1.82) is 0 Å². The number of ether oxygens (including phenoxy) is 1. The maximum atomic E-state index is 11.2. The van der Waals surface area contributed by atoms with Gasteiger partial charge in [-0.25, -0.2) is 4.79 Å². The molecule has 0 saturated carbocycles. The van der Waals surface area contributed by atoms with Gasteiger partial charge in [-0.05, 0) is 12.2 Å². The van der Waals surface area contributed by atoms with E-state index in [2.05, 4.69) is 17.9 Å². The van der Waals surface area contributed by atoms with Gasteiger partial charge in [0.15, 0.2) is 0 Å². The Hall–Kier alpha value is -0.710. The van der Waals surface area contributed by atoms with Gasteiger partial charge in [0.05, 0.1) is 6.61 Å². The van der Waals surface area contributed by atoms with Crippen LogP contribution >= 0.6 is 12.6 Å². The minimum atomic E-state index is -0.424. The molecule has 0 spiro atoms. The van der Waals surface area contributed by atoms with Gasteiger partial charge in [-0.15, -0.1) is 0 Å². The second-order valence-electron chi connectivity index (χ2n) is 2.90. The Morgan fingerprint density at radius 3 is 3.00 bits per heavy atom. The van der Waals surface area contributed by atoms with Crippen molar-refractivity contribution < 1.29 is 14.3 Å². The maximum absolute atomic E-state index is 11.2. The highest BCUT2D eigenvalue weighted by molar-refractivity contribution is 7.80. The zero-order valence-corrected chi connectivity index (χ0v) is 8.18. The molecule has 1 heterocycles. The summed E-state index contributed by atoms with van der Waals surface area (Å²) in [7, 11) is 0. The average molecular weight is 203 g/mol. The summed E-state index contributed by atoms with van der Waals surface area (Å²) >= 11 is 3.99. The minimum absolute atomic E-state index is 0.0992. The summed E-state index contributed by atoms with van der Waals surface area (Å²) in [6.45, 7) is 0.413. The van der Waals surface area contributed by atoms with Crippen LogP contribution in [0.15, 0.2) is 0 Å². The molecule has 1 saturated heterocycles. The molecule has 0 aromatic carbocycles. The van der Waals surface area contributed by atoms with Gasteiger partial charge in [-0.1, -0.05) is 0 Å². The van der Waals surface area contributed by atoms with Gasteiger partial charge in [0.2, 0.25) is 5.91 Å². The van der Waals surface area contributed by atoms with Crippen molar-refractivity contribution in [2.45, 2.75) is 25.3 Å². The first-order valence-corrected chi connectivity index (χ1v) is 4.94. The van der Waals surface area contributed by atoms with Crippen molar-refractivity contribution >= 4 is 24.5 Å². The normalized spacial score (nSPS) is 21.3. The molecule has 13 heavy (non-hydrogen) atoms. The summed E-state index contributed by atoms with van der Waals surface area (Å²) in [6.07, 6.45) is 1.75. The summed E-state index contributed by atoms with van der Waals surface area (Å²) in [5.41, 5.74) is 0. The van der Waals surface area contributed by atoms with Gasteiger partial charge in [0.25, 0.3) is 0 Å². The van der Waals surface area contributed by atoms with Crippen LogP contribution in [0.25, 0.3) is 0 Å². The van der Waals surface area contributed by atoms with Crippen molar-refractivity contribution in [1.82, 2.24) is 5.32 Å². The second kappa shape index (κ2) is 5.11. The Balaban J connectivity index is 2.23. The van der Waals surface area contributed by atoms with Crippen LogP contribution in [0.3, 0.4) is 0 Å². The number of cyclic esters (lactones) is 1. The van der Waals surface area contributed by atoms with E-state index in [1.807, 2.05) is 0 Å². The van der Waals surface area contributed by atoms with E-state index in [9.17, 15) is 9.59 Å². The molecule has 5 heteroatoms. The van der Waals surface area contributed by atoms with Crippen LogP contribution in [0, 0.1) is 0 Å². The zero-order valence-electron chi connectivity index (χ0n) is 7.28. The van der Waals surface area contributed by atoms with E-state index < -0.39 is 6.04 Å². The van der Waals surface area contributed by atoms with E-state index in [0.29, 0.717) is 25.2 Å². The van der Waals surface area contributed by atoms with Gasteiger partial charge < -0.3 is 10.1 Å². The first-order valence-electron chi connectivity index (χ1n) is 4.31. The highest BCUT2D eigenvalue weighted by atomic mass is 32.1. The van der Waals surface area contributed by atoms with E-state index in [0.717, 1.165) is 6.42 Å². The number of carbonyl (C=O) groups excluding carboxylic acids is 2. The van der Waals surface area contributed by atoms with Crippen molar-refractivity contribution in [2.24, 2.45) is 0 Å². The van der Waals surface area contributed by atoms with Crippen LogP contribution in [0.4, 0.5) is 0 Å². The zero-order chi connectivity index (χ0) is 9.68. The molecule has 0 aromatic heterocycles. The largest absolute Gasteiger partial charge is 0.464 e. The third-order valence-electron chi connectivity index (χ3n) is 1.83. The predicted octanol–water partition coefficient (Wildman–Crippen LogP) is 0.128. The summed E-state index contributed by atoms with van der Waals surface area (Å²) in [4.78, 5) is 22.1. The number of esters is 1. The van der Waals surface area contributed by atoms with Crippen molar-refractivity contribution in [2.75, 3.05) is 12.4 Å². The second-order valence-corrected chi connectivity index (χ2v) is 3.35. The summed E-state index contributed by atoms with van der Waals surface area (Å²) < 4.78 is 4.70. The van der Waals surface area contributed by atoms with Crippen LogP contribution in [-0.4, -0.2) is 30.3 Å². The first kappa shape index (κ1) is 10.4. The van der Waals surface area contributed by atoms with Crippen LogP contribution in [0.2, 0.25) is 0 Å². The number of hydrogen-bond donors (Lipinski definition) is 2. The first-order chi connectivity index (χ1) is 6.24. The molecule has 1 aliphatic heterocycles. The number of amides is 1. The lowest BCUT2D eigenvalue weighted by atomic mass is 10.2. The quantitative estimate of drug-likeness (QED) is 0.504. The Morgan fingerprint density at radius 1 is 1.69 bits per heavy atom. The molecule has 0 aliphatic carbocycles. The highest BCUT2D eigenvalue weighted by Crippen LogP contribution is 2.06. The van der Waals surface area contributed by atoms with Crippen LogP contribution in [-0.2, 0) is 14.3 Å². The Kier molecular flexibility index (Phi) is 4.08. The SMILES string of the molecule is O=C(CCCS)N[C@H]1CCOC1=O. The van der Waals surface area contributed by atoms with E-state index in [-0.39, 0.29) is 11.9 Å². The molecule has 0 aromatic rings. The molecular weight excluding hydrogens is 190 g/mol. The summed E-state index contributed by atoms with van der Waals surface area (Å²) in [6, 6.07) is -0.424. The number of rotatable bonds is 4. The number of thiol groups is 1. The van der Waals surface area contributed by atoms with Crippen molar-refractivity contribution in [3.8, 4) is 0 Å². The van der Waals surface area contributed by atoms with Crippen LogP contribution in [0.1, 0.15) is 19.3 Å². The van der Waals surface area contributed by atoms with Gasteiger partial charge in [0.1, 0.15) is 6.04 Å². The smallest absolute Gasteiger partial charge is 0.328 e. The van der Waals surface area contributed by atoms with E-state index in [4.69, 9.17) is 4.74 Å². The fourth-order valence-corrected chi connectivity index (χ4v) is 1.29. The molecule has 4 nitrogen and oxygen atoms in total. The molecule has 0 radical (unpaired) electrons. The van der Waals surface area contributed by atoms with Gasteiger partial charge >= 0.3 is 5.97 Å². The lowest BCUT2D eigenvalue weighted by molar-refractivity contribution is -0.141. The predicted molar refractivity (Wildman–Crippen MR) is 50.6 cm³/mol. The molecule has 1 aliphatic rings.